The molecule has 0 bridgehead atoms. The van der Waals surface area contributed by atoms with Gasteiger partial charge in [0.25, 0.3) is 0 Å². The third-order valence-corrected chi connectivity index (χ3v) is 6.64. The van der Waals surface area contributed by atoms with Crippen LogP contribution in [-0.4, -0.2) is 45.7 Å². The fraction of sp³-hybridized carbons (Fsp3) is 0.400. The van der Waals surface area contributed by atoms with Crippen molar-refractivity contribution in [3.05, 3.63) is 61.3 Å². The summed E-state index contributed by atoms with van der Waals surface area (Å²) in [5, 5.41) is 5.65. The second-order valence-corrected chi connectivity index (χ2v) is 8.91. The molecule has 5 rings (SSSR count). The summed E-state index contributed by atoms with van der Waals surface area (Å²) in [6.07, 6.45) is 11.1. The van der Waals surface area contributed by atoms with E-state index in [4.69, 9.17) is 0 Å². The van der Waals surface area contributed by atoms with Gasteiger partial charge in [0, 0.05) is 54.9 Å². The number of anilines is 1. The third kappa shape index (κ3) is 4.59. The molecule has 0 spiro atoms. The lowest BCUT2D eigenvalue weighted by molar-refractivity contribution is 0.0441. The molecule has 1 saturated heterocycles. The highest BCUT2D eigenvalue weighted by Crippen LogP contribution is 2.34. The number of nitrogens with zero attached hydrogens (tertiary/aromatic N) is 4. The summed E-state index contributed by atoms with van der Waals surface area (Å²) in [7, 11) is 0. The molecule has 1 N–H and O–H groups in total. The lowest BCUT2D eigenvalue weighted by Crippen LogP contribution is -2.50. The fourth-order valence-corrected chi connectivity index (χ4v) is 4.80. The molecule has 2 aromatic heterocycles. The van der Waals surface area contributed by atoms with Crippen LogP contribution in [0.15, 0.2) is 61.3 Å². The van der Waals surface area contributed by atoms with Gasteiger partial charge >= 0.3 is 0 Å². The molecule has 0 unspecified atom stereocenters. The average Bonchev–Trinajstić information content (AvgIpc) is 2.78. The smallest absolute Gasteiger partial charge is 0.130 e. The molecule has 0 atom stereocenters. The van der Waals surface area contributed by atoms with Crippen molar-refractivity contribution >= 4 is 16.6 Å². The average molecular weight is 418 g/mol. The number of hydrogen-bond donors (Lipinski definition) is 1. The zero-order valence-electron chi connectivity index (χ0n) is 17.7. The van der Waals surface area contributed by atoms with Crippen LogP contribution in [0.2, 0.25) is 0 Å². The molecule has 1 aliphatic heterocycles. The maximum absolute atomic E-state index is 13.0. The standard InChI is InChI=1S/C25H28FN5/c1-17(19-4-2-18(3-5-19)14-31-15-23(26)16-31)30-25-11-22-10-20(6-7-21(22)12-29-25)24-13-27-8-9-28-24/h6-13,18-19,23H,1-5,14-16H2,(H,29,30). The predicted octanol–water partition coefficient (Wildman–Crippen LogP) is 5.08. The Hall–Kier alpha value is -2.86. The maximum Gasteiger partial charge on any atom is 0.130 e. The van der Waals surface area contributed by atoms with E-state index in [9.17, 15) is 4.39 Å². The van der Waals surface area contributed by atoms with Crippen LogP contribution in [-0.2, 0) is 0 Å². The van der Waals surface area contributed by atoms with Gasteiger partial charge in [0.2, 0.25) is 0 Å². The van der Waals surface area contributed by atoms with Crippen LogP contribution in [0, 0.1) is 11.8 Å². The highest BCUT2D eigenvalue weighted by atomic mass is 19.1. The van der Waals surface area contributed by atoms with E-state index < -0.39 is 6.17 Å². The molecule has 1 aromatic carbocycles. The predicted molar refractivity (Wildman–Crippen MR) is 122 cm³/mol. The minimum atomic E-state index is -0.605. The number of aromatic nitrogens is 3. The molecule has 1 saturated carbocycles. The second kappa shape index (κ2) is 8.71. The van der Waals surface area contributed by atoms with Crippen molar-refractivity contribution in [3.8, 4) is 11.3 Å². The van der Waals surface area contributed by atoms with E-state index in [1.165, 1.54) is 12.8 Å². The van der Waals surface area contributed by atoms with E-state index in [2.05, 4.69) is 49.9 Å². The molecular formula is C25H28FN5. The van der Waals surface area contributed by atoms with Crippen molar-refractivity contribution in [2.75, 3.05) is 25.0 Å². The summed E-state index contributed by atoms with van der Waals surface area (Å²) in [5.74, 6) is 1.98. The first-order valence-electron chi connectivity index (χ1n) is 11.1. The zero-order valence-corrected chi connectivity index (χ0v) is 17.7. The summed E-state index contributed by atoms with van der Waals surface area (Å²) < 4.78 is 13.0. The molecule has 160 valence electrons. The molecule has 31 heavy (non-hydrogen) atoms. The van der Waals surface area contributed by atoms with Gasteiger partial charge in [-0.15, -0.1) is 0 Å². The van der Waals surface area contributed by atoms with Gasteiger partial charge in [0.1, 0.15) is 12.0 Å². The van der Waals surface area contributed by atoms with Crippen molar-refractivity contribution < 1.29 is 4.39 Å². The Bertz CT molecular complexity index is 1060. The van der Waals surface area contributed by atoms with Crippen LogP contribution < -0.4 is 5.32 Å². The molecule has 1 aliphatic carbocycles. The SMILES string of the molecule is C=C(Nc1cc2cc(-c3cnccn3)ccc2cn1)C1CCC(CN2CC(F)C2)CC1. The van der Waals surface area contributed by atoms with Gasteiger partial charge in [-0.25, -0.2) is 9.37 Å². The summed E-state index contributed by atoms with van der Waals surface area (Å²) in [4.78, 5) is 15.4. The minimum Gasteiger partial charge on any atom is -0.344 e. The zero-order chi connectivity index (χ0) is 21.2. The first-order valence-corrected chi connectivity index (χ1v) is 11.1. The summed E-state index contributed by atoms with van der Waals surface area (Å²) >= 11 is 0. The summed E-state index contributed by atoms with van der Waals surface area (Å²) in [6.45, 7) is 6.61. The van der Waals surface area contributed by atoms with Crippen LogP contribution >= 0.6 is 0 Å². The Morgan fingerprint density at radius 1 is 1.03 bits per heavy atom. The lowest BCUT2D eigenvalue weighted by atomic mass is 9.80. The number of pyridine rings is 1. The van der Waals surface area contributed by atoms with E-state index in [0.717, 1.165) is 52.9 Å². The largest absolute Gasteiger partial charge is 0.344 e. The first-order chi connectivity index (χ1) is 15.1. The topological polar surface area (TPSA) is 53.9 Å². The summed E-state index contributed by atoms with van der Waals surface area (Å²) in [6, 6.07) is 8.31. The van der Waals surface area contributed by atoms with Crippen molar-refractivity contribution in [1.29, 1.82) is 0 Å². The minimum absolute atomic E-state index is 0.463. The molecule has 2 aliphatic rings. The van der Waals surface area contributed by atoms with Gasteiger partial charge in [-0.05, 0) is 55.0 Å². The van der Waals surface area contributed by atoms with Crippen LogP contribution in [0.5, 0.6) is 0 Å². The van der Waals surface area contributed by atoms with E-state index in [1.807, 2.05) is 12.3 Å². The molecule has 5 nitrogen and oxygen atoms in total. The van der Waals surface area contributed by atoms with E-state index in [0.29, 0.717) is 24.9 Å². The maximum atomic E-state index is 13.0. The van der Waals surface area contributed by atoms with Crippen molar-refractivity contribution in [3.63, 3.8) is 0 Å². The van der Waals surface area contributed by atoms with Gasteiger partial charge in [0.15, 0.2) is 0 Å². The van der Waals surface area contributed by atoms with Gasteiger partial charge in [0.05, 0.1) is 11.9 Å². The summed E-state index contributed by atoms with van der Waals surface area (Å²) in [5.41, 5.74) is 2.94. The number of halogens is 1. The molecule has 0 amide bonds. The Morgan fingerprint density at radius 3 is 2.61 bits per heavy atom. The molecule has 3 aromatic rings. The molecule has 2 fully saturated rings. The van der Waals surface area contributed by atoms with E-state index >= 15 is 0 Å². The van der Waals surface area contributed by atoms with Crippen LogP contribution in [0.3, 0.4) is 0 Å². The number of hydrogen-bond acceptors (Lipinski definition) is 5. The molecule has 6 heteroatoms. The highest BCUT2D eigenvalue weighted by molar-refractivity contribution is 5.88. The number of likely N-dealkylation sites (tertiary alicyclic amines) is 1. The number of fused-ring (bicyclic) bond motifs is 1. The Morgan fingerprint density at radius 2 is 1.87 bits per heavy atom. The van der Waals surface area contributed by atoms with Gasteiger partial charge < -0.3 is 5.32 Å². The second-order valence-electron chi connectivity index (χ2n) is 8.91. The van der Waals surface area contributed by atoms with Crippen LogP contribution in [0.1, 0.15) is 25.7 Å². The first kappa shape index (κ1) is 20.1. The number of rotatable bonds is 6. The van der Waals surface area contributed by atoms with Gasteiger partial charge in [-0.3, -0.25) is 14.9 Å². The lowest BCUT2D eigenvalue weighted by Gasteiger charge is -2.39. The fourth-order valence-electron chi connectivity index (χ4n) is 4.80. The van der Waals surface area contributed by atoms with Crippen LogP contribution in [0.4, 0.5) is 10.2 Å². The molecule has 3 heterocycles. The van der Waals surface area contributed by atoms with Crippen molar-refractivity contribution in [2.45, 2.75) is 31.9 Å². The number of allylic oxidation sites excluding steroid dienone is 1. The monoisotopic (exact) mass is 417 g/mol. The van der Waals surface area contributed by atoms with Gasteiger partial charge in [-0.2, -0.15) is 0 Å². The third-order valence-electron chi connectivity index (χ3n) is 6.64. The van der Waals surface area contributed by atoms with E-state index in [1.54, 1.807) is 18.6 Å². The molecular weight excluding hydrogens is 389 g/mol. The van der Waals surface area contributed by atoms with Crippen LogP contribution in [0.25, 0.3) is 22.0 Å². The molecule has 0 radical (unpaired) electrons. The Balaban J connectivity index is 1.21. The normalized spacial score (nSPS) is 22.2. The van der Waals surface area contributed by atoms with E-state index in [-0.39, 0.29) is 0 Å². The number of benzene rings is 1. The van der Waals surface area contributed by atoms with Crippen molar-refractivity contribution in [2.24, 2.45) is 11.8 Å². The Labute approximate surface area is 182 Å². The highest BCUT2D eigenvalue weighted by Gasteiger charge is 2.30. The van der Waals surface area contributed by atoms with Crippen molar-refractivity contribution in [1.82, 2.24) is 19.9 Å². The number of nitrogens with one attached hydrogen (secondary N) is 1. The quantitative estimate of drug-likeness (QED) is 0.606. The Kier molecular flexibility index (Phi) is 5.64. The van der Waals surface area contributed by atoms with Gasteiger partial charge in [-0.1, -0.05) is 18.7 Å². The number of alkyl halides is 1.